The van der Waals surface area contributed by atoms with Crippen molar-refractivity contribution in [2.24, 2.45) is 28.6 Å². The Labute approximate surface area is 150 Å². The molecule has 138 valence electrons. The van der Waals surface area contributed by atoms with E-state index in [9.17, 15) is 20.4 Å². The Hall–Kier alpha value is -0.860. The van der Waals surface area contributed by atoms with E-state index < -0.39 is 23.2 Å². The molecule has 9 atom stereocenters. The monoisotopic (exact) mass is 346 g/mol. The van der Waals surface area contributed by atoms with Crippen LogP contribution >= 0.6 is 0 Å². The van der Waals surface area contributed by atoms with Crippen LogP contribution < -0.4 is 0 Å². The van der Waals surface area contributed by atoms with E-state index in [1.54, 1.807) is 0 Å². The summed E-state index contributed by atoms with van der Waals surface area (Å²) in [7, 11) is 0. The first kappa shape index (κ1) is 17.5. The van der Waals surface area contributed by atoms with Crippen molar-refractivity contribution in [3.63, 3.8) is 0 Å². The molecule has 4 nitrogen and oxygen atoms in total. The van der Waals surface area contributed by atoms with Crippen LogP contribution in [0.15, 0.2) is 11.6 Å². The molecule has 0 aliphatic heterocycles. The Bertz CT molecular complexity index is 651. The number of fused-ring (bicyclic) bond motifs is 5. The Morgan fingerprint density at radius 3 is 2.56 bits per heavy atom. The van der Waals surface area contributed by atoms with Gasteiger partial charge in [0, 0.05) is 5.41 Å². The van der Waals surface area contributed by atoms with Gasteiger partial charge in [-0.15, -0.1) is 6.42 Å². The topological polar surface area (TPSA) is 80.9 Å². The Kier molecular flexibility index (Phi) is 3.74. The highest BCUT2D eigenvalue weighted by Gasteiger charge is 2.67. The van der Waals surface area contributed by atoms with Crippen molar-refractivity contribution in [3.05, 3.63) is 11.6 Å². The fourth-order valence-electron chi connectivity index (χ4n) is 6.99. The average molecular weight is 346 g/mol. The van der Waals surface area contributed by atoms with E-state index in [0.29, 0.717) is 19.3 Å². The first-order valence-corrected chi connectivity index (χ1v) is 9.62. The molecular weight excluding hydrogens is 316 g/mol. The van der Waals surface area contributed by atoms with E-state index in [1.807, 2.05) is 13.0 Å². The van der Waals surface area contributed by atoms with Crippen LogP contribution in [0.1, 0.15) is 52.4 Å². The standard InChI is InChI=1S/C21H30O4/c1-4-21(25)8-6-14-17-15(23)10-12-9-13(22)5-7-19(12,2)18(17)16(24)11-20(14,21)3/h1,10,13-18,22-25H,5-9,11H2,2-3H3/t13-,14-,15-,16+,17+,18-,19-,20-,21-/m0/s1. The fraction of sp³-hybridized carbons (Fsp3) is 0.810. The molecule has 0 aromatic rings. The molecule has 0 heterocycles. The van der Waals surface area contributed by atoms with Crippen molar-refractivity contribution in [3.8, 4) is 12.3 Å². The van der Waals surface area contributed by atoms with Crippen LogP contribution in [-0.4, -0.2) is 44.3 Å². The molecule has 0 radical (unpaired) electrons. The fourth-order valence-corrected chi connectivity index (χ4v) is 6.99. The molecule has 0 aromatic carbocycles. The minimum Gasteiger partial charge on any atom is -0.393 e. The highest BCUT2D eigenvalue weighted by Crippen LogP contribution is 2.66. The minimum absolute atomic E-state index is 0.0480. The molecule has 4 aliphatic carbocycles. The van der Waals surface area contributed by atoms with Crippen molar-refractivity contribution in [1.29, 1.82) is 0 Å². The van der Waals surface area contributed by atoms with Gasteiger partial charge < -0.3 is 20.4 Å². The summed E-state index contributed by atoms with van der Waals surface area (Å²) < 4.78 is 0. The number of terminal acetylenes is 1. The number of rotatable bonds is 0. The number of hydrogen-bond acceptors (Lipinski definition) is 4. The second-order valence-electron chi connectivity index (χ2n) is 9.44. The van der Waals surface area contributed by atoms with Crippen LogP contribution in [0.4, 0.5) is 0 Å². The van der Waals surface area contributed by atoms with Gasteiger partial charge in [-0.3, -0.25) is 0 Å². The molecule has 0 unspecified atom stereocenters. The van der Waals surface area contributed by atoms with Gasteiger partial charge in [-0.2, -0.15) is 0 Å². The molecule has 4 heteroatoms. The largest absolute Gasteiger partial charge is 0.393 e. The molecule has 4 aliphatic rings. The van der Waals surface area contributed by atoms with Crippen molar-refractivity contribution < 1.29 is 20.4 Å². The van der Waals surface area contributed by atoms with Gasteiger partial charge in [-0.1, -0.05) is 31.4 Å². The van der Waals surface area contributed by atoms with E-state index in [0.717, 1.165) is 24.8 Å². The van der Waals surface area contributed by atoms with Crippen molar-refractivity contribution in [1.82, 2.24) is 0 Å². The number of aliphatic hydroxyl groups excluding tert-OH is 3. The lowest BCUT2D eigenvalue weighted by atomic mass is 9.45. The molecule has 0 amide bonds. The molecule has 25 heavy (non-hydrogen) atoms. The number of aliphatic hydroxyl groups is 4. The van der Waals surface area contributed by atoms with Gasteiger partial charge in [0.25, 0.3) is 0 Å². The zero-order valence-electron chi connectivity index (χ0n) is 15.2. The van der Waals surface area contributed by atoms with Gasteiger partial charge in [0.2, 0.25) is 0 Å². The predicted octanol–water partition coefficient (Wildman–Crippen LogP) is 1.62. The van der Waals surface area contributed by atoms with Gasteiger partial charge in [0.05, 0.1) is 18.3 Å². The first-order chi connectivity index (χ1) is 11.7. The van der Waals surface area contributed by atoms with E-state index >= 15 is 0 Å². The van der Waals surface area contributed by atoms with E-state index in [2.05, 4.69) is 12.8 Å². The molecule has 0 saturated heterocycles. The quantitative estimate of drug-likeness (QED) is 0.397. The maximum Gasteiger partial charge on any atom is 0.130 e. The van der Waals surface area contributed by atoms with Crippen LogP contribution in [0.5, 0.6) is 0 Å². The molecule has 4 N–H and O–H groups in total. The molecule has 3 fully saturated rings. The van der Waals surface area contributed by atoms with Gasteiger partial charge in [-0.25, -0.2) is 0 Å². The molecule has 0 aromatic heterocycles. The highest BCUT2D eigenvalue weighted by atomic mass is 16.3. The Morgan fingerprint density at radius 1 is 1.16 bits per heavy atom. The van der Waals surface area contributed by atoms with Gasteiger partial charge >= 0.3 is 0 Å². The smallest absolute Gasteiger partial charge is 0.130 e. The molecular formula is C21H30O4. The third kappa shape index (κ3) is 2.10. The van der Waals surface area contributed by atoms with Gasteiger partial charge in [0.15, 0.2) is 0 Å². The number of hydrogen-bond donors (Lipinski definition) is 4. The molecule has 0 spiro atoms. The summed E-state index contributed by atoms with van der Waals surface area (Å²) in [6, 6.07) is 0. The maximum absolute atomic E-state index is 11.2. The lowest BCUT2D eigenvalue weighted by Crippen LogP contribution is -2.62. The van der Waals surface area contributed by atoms with Crippen molar-refractivity contribution >= 4 is 0 Å². The normalized spacial score (nSPS) is 57.7. The van der Waals surface area contributed by atoms with E-state index in [-0.39, 0.29) is 29.3 Å². The summed E-state index contributed by atoms with van der Waals surface area (Å²) in [5, 5.41) is 43.2. The molecule has 3 saturated carbocycles. The third-order valence-corrected chi connectivity index (χ3v) is 8.43. The predicted molar refractivity (Wildman–Crippen MR) is 94.3 cm³/mol. The molecule has 4 rings (SSSR count). The van der Waals surface area contributed by atoms with E-state index in [4.69, 9.17) is 6.42 Å². The summed E-state index contributed by atoms with van der Waals surface area (Å²) in [5.41, 5.74) is -0.885. The van der Waals surface area contributed by atoms with Gasteiger partial charge in [0.1, 0.15) is 5.60 Å². The highest BCUT2D eigenvalue weighted by molar-refractivity contribution is 5.31. The molecule has 0 bridgehead atoms. The van der Waals surface area contributed by atoms with Gasteiger partial charge in [-0.05, 0) is 61.7 Å². The second-order valence-corrected chi connectivity index (χ2v) is 9.44. The van der Waals surface area contributed by atoms with Crippen LogP contribution in [-0.2, 0) is 0 Å². The minimum atomic E-state index is -1.21. The average Bonchev–Trinajstić information content (AvgIpc) is 2.81. The summed E-state index contributed by atoms with van der Waals surface area (Å²) in [5.74, 6) is 2.55. The first-order valence-electron chi connectivity index (χ1n) is 9.62. The third-order valence-electron chi connectivity index (χ3n) is 8.43. The van der Waals surface area contributed by atoms with Crippen molar-refractivity contribution in [2.45, 2.75) is 76.3 Å². The lowest BCUT2D eigenvalue weighted by molar-refractivity contribution is -0.172. The second kappa shape index (κ2) is 5.33. The van der Waals surface area contributed by atoms with Crippen LogP contribution in [0.2, 0.25) is 0 Å². The maximum atomic E-state index is 11.2. The van der Waals surface area contributed by atoms with Crippen molar-refractivity contribution in [2.75, 3.05) is 0 Å². The summed E-state index contributed by atoms with van der Waals surface area (Å²) in [4.78, 5) is 0. The lowest BCUT2D eigenvalue weighted by Gasteiger charge is -2.61. The Morgan fingerprint density at radius 2 is 1.88 bits per heavy atom. The zero-order valence-corrected chi connectivity index (χ0v) is 15.2. The van der Waals surface area contributed by atoms with E-state index in [1.165, 1.54) is 0 Å². The SMILES string of the molecule is C#C[C@]1(O)CC[C@H]2[C@H]3[C@H]([C@H](O)C[C@@]21C)[C@@]1(C)CC[C@H](O)CC1=C[C@@H]3O. The summed E-state index contributed by atoms with van der Waals surface area (Å²) in [6.45, 7) is 4.17. The van der Waals surface area contributed by atoms with Crippen LogP contribution in [0, 0.1) is 40.9 Å². The Balaban J connectivity index is 1.80. The zero-order chi connectivity index (χ0) is 18.2. The van der Waals surface area contributed by atoms with Crippen LogP contribution in [0.3, 0.4) is 0 Å². The van der Waals surface area contributed by atoms with Crippen LogP contribution in [0.25, 0.3) is 0 Å². The summed E-state index contributed by atoms with van der Waals surface area (Å²) >= 11 is 0. The summed E-state index contributed by atoms with van der Waals surface area (Å²) in [6.07, 6.45) is 9.90.